The Morgan fingerprint density at radius 3 is 2.90 bits per heavy atom. The molecule has 0 aliphatic carbocycles. The summed E-state index contributed by atoms with van der Waals surface area (Å²) in [6, 6.07) is 1.72. The van der Waals surface area contributed by atoms with Crippen LogP contribution in [0.4, 0.5) is 0 Å². The smallest absolute Gasteiger partial charge is 0.117 e. The molecular formula is C8H6ClN. The molecule has 0 bridgehead atoms. The van der Waals surface area contributed by atoms with Crippen molar-refractivity contribution in [1.82, 2.24) is 4.98 Å². The highest BCUT2D eigenvalue weighted by Gasteiger charge is 1.98. The molecule has 50 valence electrons. The van der Waals surface area contributed by atoms with E-state index >= 15 is 0 Å². The number of pyridine rings is 1. The Balaban J connectivity index is 3.31. The number of rotatable bonds is 0. The molecule has 1 nitrogen and oxygen atoms in total. The van der Waals surface area contributed by atoms with E-state index in [0.717, 1.165) is 5.56 Å². The van der Waals surface area contributed by atoms with E-state index in [-0.39, 0.29) is 0 Å². The fourth-order valence-electron chi connectivity index (χ4n) is 0.658. The summed E-state index contributed by atoms with van der Waals surface area (Å²) >= 11 is 5.76. The van der Waals surface area contributed by atoms with Crippen LogP contribution >= 0.6 is 11.6 Å². The second-order valence-electron chi connectivity index (χ2n) is 1.91. The van der Waals surface area contributed by atoms with Gasteiger partial charge in [0.25, 0.3) is 0 Å². The molecule has 0 aliphatic rings. The van der Waals surface area contributed by atoms with Crippen LogP contribution < -0.4 is 0 Å². The molecule has 10 heavy (non-hydrogen) atoms. The fraction of sp³-hybridized carbons (Fsp3) is 0.125. The van der Waals surface area contributed by atoms with Gasteiger partial charge in [-0.25, -0.2) is 4.98 Å². The first-order valence-corrected chi connectivity index (χ1v) is 3.21. The van der Waals surface area contributed by atoms with Gasteiger partial charge in [-0.05, 0) is 18.9 Å². The largest absolute Gasteiger partial charge is 0.247 e. The summed E-state index contributed by atoms with van der Waals surface area (Å²) in [6.45, 7) is 1.85. The second kappa shape index (κ2) is 2.72. The molecule has 0 spiro atoms. The van der Waals surface area contributed by atoms with E-state index in [1.165, 1.54) is 0 Å². The molecule has 0 unspecified atom stereocenters. The lowest BCUT2D eigenvalue weighted by molar-refractivity contribution is 1.23. The van der Waals surface area contributed by atoms with Gasteiger partial charge in [0, 0.05) is 16.8 Å². The summed E-state index contributed by atoms with van der Waals surface area (Å²) in [4.78, 5) is 3.94. The average molecular weight is 152 g/mol. The van der Waals surface area contributed by atoms with Gasteiger partial charge in [-0.3, -0.25) is 0 Å². The van der Waals surface area contributed by atoms with Gasteiger partial charge in [-0.2, -0.15) is 0 Å². The lowest BCUT2D eigenvalue weighted by Crippen LogP contribution is -1.86. The Bertz CT molecular complexity index is 286. The van der Waals surface area contributed by atoms with Crippen LogP contribution in [0.2, 0.25) is 5.02 Å². The number of halogens is 1. The van der Waals surface area contributed by atoms with E-state index < -0.39 is 0 Å². The summed E-state index contributed by atoms with van der Waals surface area (Å²) < 4.78 is 0. The van der Waals surface area contributed by atoms with E-state index in [2.05, 4.69) is 10.9 Å². The highest BCUT2D eigenvalue weighted by atomic mass is 35.5. The van der Waals surface area contributed by atoms with Crippen molar-refractivity contribution in [3.63, 3.8) is 0 Å². The fourth-order valence-corrected chi connectivity index (χ4v) is 0.804. The van der Waals surface area contributed by atoms with Crippen molar-refractivity contribution in [3.05, 3.63) is 28.5 Å². The van der Waals surface area contributed by atoms with Crippen LogP contribution in [0.25, 0.3) is 0 Å². The molecule has 0 aromatic carbocycles. The molecule has 1 aromatic rings. The maximum Gasteiger partial charge on any atom is 0.117 e. The number of hydrogen-bond donors (Lipinski definition) is 0. The van der Waals surface area contributed by atoms with Crippen LogP contribution in [0.3, 0.4) is 0 Å². The minimum absolute atomic E-state index is 0.618. The SMILES string of the molecule is C#Cc1nccc(Cl)c1C. The molecule has 1 heterocycles. The molecule has 1 aromatic heterocycles. The Morgan fingerprint density at radius 2 is 2.40 bits per heavy atom. The molecule has 0 saturated carbocycles. The first-order chi connectivity index (χ1) is 4.75. The maximum atomic E-state index is 5.76. The Hall–Kier alpha value is -1.00. The first kappa shape index (κ1) is 7.11. The van der Waals surface area contributed by atoms with Gasteiger partial charge in [-0.1, -0.05) is 11.6 Å². The highest BCUT2D eigenvalue weighted by Crippen LogP contribution is 2.14. The third kappa shape index (κ3) is 1.12. The third-order valence-corrected chi connectivity index (χ3v) is 1.68. The average Bonchev–Trinajstić information content (AvgIpc) is 1.95. The standard InChI is InChI=1S/C8H6ClN/c1-3-8-6(2)7(9)4-5-10-8/h1,4-5H,2H3. The van der Waals surface area contributed by atoms with Crippen molar-refractivity contribution in [1.29, 1.82) is 0 Å². The van der Waals surface area contributed by atoms with Gasteiger partial charge in [0.15, 0.2) is 0 Å². The zero-order chi connectivity index (χ0) is 7.56. The van der Waals surface area contributed by atoms with E-state index in [0.29, 0.717) is 10.7 Å². The van der Waals surface area contributed by atoms with Crippen molar-refractivity contribution in [2.24, 2.45) is 0 Å². The monoisotopic (exact) mass is 151 g/mol. The van der Waals surface area contributed by atoms with Crippen molar-refractivity contribution in [3.8, 4) is 12.3 Å². The molecule has 0 saturated heterocycles. The van der Waals surface area contributed by atoms with Crippen molar-refractivity contribution >= 4 is 11.6 Å². The second-order valence-corrected chi connectivity index (χ2v) is 2.32. The minimum atomic E-state index is 0.618. The number of terminal acetylenes is 1. The quantitative estimate of drug-likeness (QED) is 0.517. The van der Waals surface area contributed by atoms with Crippen LogP contribution in [0.5, 0.6) is 0 Å². The van der Waals surface area contributed by atoms with Gasteiger partial charge in [-0.15, -0.1) is 6.42 Å². The minimum Gasteiger partial charge on any atom is -0.247 e. The molecule has 0 fully saturated rings. The zero-order valence-electron chi connectivity index (χ0n) is 5.56. The number of aromatic nitrogens is 1. The number of nitrogens with zero attached hydrogens (tertiary/aromatic N) is 1. The molecule has 0 atom stereocenters. The van der Waals surface area contributed by atoms with Crippen molar-refractivity contribution in [2.45, 2.75) is 6.92 Å². The van der Waals surface area contributed by atoms with Crippen LogP contribution in [-0.4, -0.2) is 4.98 Å². The lowest BCUT2D eigenvalue weighted by atomic mass is 10.2. The van der Waals surface area contributed by atoms with Gasteiger partial charge in [0.2, 0.25) is 0 Å². The summed E-state index contributed by atoms with van der Waals surface area (Å²) in [6.07, 6.45) is 6.75. The van der Waals surface area contributed by atoms with E-state index in [1.54, 1.807) is 12.3 Å². The third-order valence-electron chi connectivity index (χ3n) is 1.27. The van der Waals surface area contributed by atoms with Gasteiger partial charge >= 0.3 is 0 Å². The topological polar surface area (TPSA) is 12.9 Å². The lowest BCUT2D eigenvalue weighted by Gasteiger charge is -1.97. The van der Waals surface area contributed by atoms with Crippen LogP contribution in [0.15, 0.2) is 12.3 Å². The van der Waals surface area contributed by atoms with E-state index in [1.807, 2.05) is 6.92 Å². The zero-order valence-corrected chi connectivity index (χ0v) is 6.31. The first-order valence-electron chi connectivity index (χ1n) is 2.83. The van der Waals surface area contributed by atoms with E-state index in [9.17, 15) is 0 Å². The molecule has 2 heteroatoms. The van der Waals surface area contributed by atoms with E-state index in [4.69, 9.17) is 18.0 Å². The Labute approximate surface area is 65.0 Å². The predicted octanol–water partition coefficient (Wildman–Crippen LogP) is 2.02. The van der Waals surface area contributed by atoms with Gasteiger partial charge in [0.1, 0.15) is 5.69 Å². The molecule has 1 rings (SSSR count). The van der Waals surface area contributed by atoms with Gasteiger partial charge < -0.3 is 0 Å². The summed E-state index contributed by atoms with van der Waals surface area (Å²) in [5, 5.41) is 0.669. The maximum absolute atomic E-state index is 5.76. The van der Waals surface area contributed by atoms with Crippen LogP contribution in [0.1, 0.15) is 11.3 Å². The molecule has 0 radical (unpaired) electrons. The summed E-state index contributed by atoms with van der Waals surface area (Å²) in [5.41, 5.74) is 1.49. The molecular weight excluding hydrogens is 146 g/mol. The number of hydrogen-bond acceptors (Lipinski definition) is 1. The van der Waals surface area contributed by atoms with Crippen molar-refractivity contribution < 1.29 is 0 Å². The Morgan fingerprint density at radius 1 is 1.70 bits per heavy atom. The van der Waals surface area contributed by atoms with Crippen LogP contribution in [0, 0.1) is 19.3 Å². The predicted molar refractivity (Wildman–Crippen MR) is 41.9 cm³/mol. The van der Waals surface area contributed by atoms with Crippen LogP contribution in [-0.2, 0) is 0 Å². The molecule has 0 N–H and O–H groups in total. The van der Waals surface area contributed by atoms with Gasteiger partial charge in [0.05, 0.1) is 0 Å². The normalized spacial score (nSPS) is 8.90. The summed E-state index contributed by atoms with van der Waals surface area (Å²) in [5.74, 6) is 2.44. The Kier molecular flexibility index (Phi) is 1.94. The highest BCUT2D eigenvalue weighted by molar-refractivity contribution is 6.31. The molecule has 0 aliphatic heterocycles. The van der Waals surface area contributed by atoms with Crippen molar-refractivity contribution in [2.75, 3.05) is 0 Å². The summed E-state index contributed by atoms with van der Waals surface area (Å²) in [7, 11) is 0. The molecule has 0 amide bonds.